The van der Waals surface area contributed by atoms with Crippen LogP contribution in [-0.2, 0) is 0 Å². The fourth-order valence-corrected chi connectivity index (χ4v) is 1.61. The van der Waals surface area contributed by atoms with Crippen molar-refractivity contribution in [3.8, 4) is 0 Å². The van der Waals surface area contributed by atoms with E-state index in [9.17, 15) is 9.59 Å². The van der Waals surface area contributed by atoms with Crippen molar-refractivity contribution in [2.24, 2.45) is 0 Å². The number of H-pyrrole nitrogens is 1. The van der Waals surface area contributed by atoms with Crippen LogP contribution in [0, 0.1) is 0 Å². The third-order valence-electron chi connectivity index (χ3n) is 2.41. The van der Waals surface area contributed by atoms with E-state index in [1.54, 1.807) is 0 Å². The van der Waals surface area contributed by atoms with Crippen LogP contribution in [0.2, 0.25) is 0 Å². The van der Waals surface area contributed by atoms with Gasteiger partial charge in [0.15, 0.2) is 5.69 Å². The van der Waals surface area contributed by atoms with E-state index in [4.69, 9.17) is 0 Å². The maximum absolute atomic E-state index is 11.6. The summed E-state index contributed by atoms with van der Waals surface area (Å²) in [6.07, 6.45) is 3.24. The lowest BCUT2D eigenvalue weighted by atomic mass is 10.4. The van der Waals surface area contributed by atoms with Crippen LogP contribution in [0.4, 0.5) is 0 Å². The van der Waals surface area contributed by atoms with Crippen molar-refractivity contribution in [1.29, 1.82) is 0 Å². The van der Waals surface area contributed by atoms with Crippen LogP contribution in [0.5, 0.6) is 0 Å². The molecule has 2 aliphatic rings. The topological polar surface area (TPSA) is 66.1 Å². The molecule has 0 atom stereocenters. The van der Waals surface area contributed by atoms with Gasteiger partial charge in [-0.3, -0.25) is 14.5 Å². The van der Waals surface area contributed by atoms with Gasteiger partial charge in [-0.1, -0.05) is 0 Å². The number of amides is 2. The van der Waals surface area contributed by atoms with E-state index in [0.29, 0.717) is 5.69 Å². The van der Waals surface area contributed by atoms with Gasteiger partial charge in [0.2, 0.25) is 0 Å². The summed E-state index contributed by atoms with van der Waals surface area (Å²) in [7, 11) is 0. The molecule has 0 unspecified atom stereocenters. The first-order valence-corrected chi connectivity index (χ1v) is 4.20. The molecule has 5 nitrogen and oxygen atoms in total. The van der Waals surface area contributed by atoms with Crippen molar-refractivity contribution in [1.82, 2.24) is 14.9 Å². The Kier molecular flexibility index (Phi) is 1.04. The largest absolute Gasteiger partial charge is 0.340 e. The molecule has 3 rings (SSSR count). The maximum atomic E-state index is 11.6. The molecule has 13 heavy (non-hydrogen) atoms. The summed E-state index contributed by atoms with van der Waals surface area (Å²) in [6.45, 7) is 0. The van der Waals surface area contributed by atoms with Crippen molar-refractivity contribution in [3.05, 3.63) is 17.7 Å². The molecule has 1 saturated carbocycles. The number of aromatic amines is 1. The van der Waals surface area contributed by atoms with Gasteiger partial charge in [0, 0.05) is 6.04 Å². The van der Waals surface area contributed by atoms with Gasteiger partial charge in [-0.25, -0.2) is 4.98 Å². The van der Waals surface area contributed by atoms with E-state index in [0.717, 1.165) is 12.8 Å². The van der Waals surface area contributed by atoms with Gasteiger partial charge in [-0.05, 0) is 12.8 Å². The Bertz CT molecular complexity index is 375. The number of fused-ring (bicyclic) bond motifs is 1. The molecule has 2 heterocycles. The van der Waals surface area contributed by atoms with E-state index < -0.39 is 0 Å². The Labute approximate surface area is 73.8 Å². The van der Waals surface area contributed by atoms with E-state index in [2.05, 4.69) is 9.97 Å². The van der Waals surface area contributed by atoms with Crippen LogP contribution in [-0.4, -0.2) is 32.7 Å². The Morgan fingerprint density at radius 1 is 1.38 bits per heavy atom. The molecule has 0 saturated heterocycles. The third-order valence-corrected chi connectivity index (χ3v) is 2.41. The number of hydrogen-bond acceptors (Lipinski definition) is 3. The van der Waals surface area contributed by atoms with Crippen molar-refractivity contribution >= 4 is 11.8 Å². The monoisotopic (exact) mass is 177 g/mol. The summed E-state index contributed by atoms with van der Waals surface area (Å²) in [5, 5.41) is 0. The van der Waals surface area contributed by atoms with Crippen LogP contribution < -0.4 is 0 Å². The molecule has 1 fully saturated rings. The molecule has 0 aromatic carbocycles. The Morgan fingerprint density at radius 2 is 2.15 bits per heavy atom. The highest BCUT2D eigenvalue weighted by Gasteiger charge is 2.45. The fourth-order valence-electron chi connectivity index (χ4n) is 1.61. The molecule has 1 aromatic heterocycles. The van der Waals surface area contributed by atoms with Crippen molar-refractivity contribution in [3.63, 3.8) is 0 Å². The van der Waals surface area contributed by atoms with Gasteiger partial charge in [-0.2, -0.15) is 0 Å². The van der Waals surface area contributed by atoms with Gasteiger partial charge < -0.3 is 4.98 Å². The number of nitrogens with zero attached hydrogens (tertiary/aromatic N) is 2. The van der Waals surface area contributed by atoms with Crippen LogP contribution in [0.25, 0.3) is 0 Å². The highest BCUT2D eigenvalue weighted by molar-refractivity contribution is 6.19. The minimum Gasteiger partial charge on any atom is -0.340 e. The standard InChI is InChI=1S/C8H7N3O2/c12-7-5-6(10-3-9-5)8(13)11(7)4-1-2-4/h3-4H,1-2H2,(H,9,10). The number of imide groups is 1. The molecule has 1 aliphatic heterocycles. The summed E-state index contributed by atoms with van der Waals surface area (Å²) in [4.78, 5) is 31.0. The highest BCUT2D eigenvalue weighted by atomic mass is 16.2. The average molecular weight is 177 g/mol. The summed E-state index contributed by atoms with van der Waals surface area (Å²) in [5.41, 5.74) is 0.619. The smallest absolute Gasteiger partial charge is 0.282 e. The summed E-state index contributed by atoms with van der Waals surface area (Å²) >= 11 is 0. The number of rotatable bonds is 1. The SMILES string of the molecule is O=C1c2nc[nH]c2C(=O)N1C1CC1. The molecule has 0 bridgehead atoms. The zero-order valence-electron chi connectivity index (χ0n) is 6.78. The van der Waals surface area contributed by atoms with E-state index in [-0.39, 0.29) is 23.6 Å². The lowest BCUT2D eigenvalue weighted by Gasteiger charge is -2.10. The van der Waals surface area contributed by atoms with Gasteiger partial charge in [-0.15, -0.1) is 0 Å². The van der Waals surface area contributed by atoms with E-state index >= 15 is 0 Å². The lowest BCUT2D eigenvalue weighted by Crippen LogP contribution is -2.32. The first-order chi connectivity index (χ1) is 6.29. The normalized spacial score (nSPS) is 21.1. The summed E-state index contributed by atoms with van der Waals surface area (Å²) in [5.74, 6) is -0.469. The third kappa shape index (κ3) is 0.734. The Balaban J connectivity index is 2.10. The minimum absolute atomic E-state index is 0.127. The molecule has 0 spiro atoms. The predicted molar refractivity (Wildman–Crippen MR) is 42.1 cm³/mol. The van der Waals surface area contributed by atoms with Crippen molar-refractivity contribution in [2.75, 3.05) is 0 Å². The van der Waals surface area contributed by atoms with Crippen LogP contribution in [0.3, 0.4) is 0 Å². The van der Waals surface area contributed by atoms with E-state index in [1.807, 2.05) is 0 Å². The molecule has 5 heteroatoms. The molecule has 1 N–H and O–H groups in total. The fraction of sp³-hybridized carbons (Fsp3) is 0.375. The summed E-state index contributed by atoms with van der Waals surface area (Å²) in [6, 6.07) is 0.127. The Morgan fingerprint density at radius 3 is 2.77 bits per heavy atom. The predicted octanol–water partition coefficient (Wildman–Crippen LogP) is 0.168. The number of carbonyl (C=O) groups is 2. The number of carbonyl (C=O) groups excluding carboxylic acids is 2. The second-order valence-electron chi connectivity index (χ2n) is 3.34. The quantitative estimate of drug-likeness (QED) is 0.622. The number of aromatic nitrogens is 2. The second-order valence-corrected chi connectivity index (χ2v) is 3.34. The number of nitrogens with one attached hydrogen (secondary N) is 1. The number of hydrogen-bond donors (Lipinski definition) is 1. The average Bonchev–Trinajstić information content (AvgIpc) is 2.77. The maximum Gasteiger partial charge on any atom is 0.282 e. The van der Waals surface area contributed by atoms with Gasteiger partial charge >= 0.3 is 0 Å². The van der Waals surface area contributed by atoms with Crippen LogP contribution >= 0.6 is 0 Å². The van der Waals surface area contributed by atoms with Crippen LogP contribution in [0.15, 0.2) is 6.33 Å². The highest BCUT2D eigenvalue weighted by Crippen LogP contribution is 2.33. The molecule has 1 aliphatic carbocycles. The lowest BCUT2D eigenvalue weighted by molar-refractivity contribution is 0.0637. The molecular weight excluding hydrogens is 170 g/mol. The molecule has 1 aromatic rings. The molecule has 2 amide bonds. The van der Waals surface area contributed by atoms with Crippen LogP contribution in [0.1, 0.15) is 33.8 Å². The zero-order valence-corrected chi connectivity index (χ0v) is 6.78. The first kappa shape index (κ1) is 6.82. The van der Waals surface area contributed by atoms with Gasteiger partial charge in [0.25, 0.3) is 11.8 Å². The molecular formula is C8H7N3O2. The van der Waals surface area contributed by atoms with Gasteiger partial charge in [0.1, 0.15) is 5.69 Å². The molecule has 66 valence electrons. The van der Waals surface area contributed by atoms with Crippen molar-refractivity contribution < 1.29 is 9.59 Å². The first-order valence-electron chi connectivity index (χ1n) is 4.20. The van der Waals surface area contributed by atoms with Gasteiger partial charge in [0.05, 0.1) is 6.33 Å². The second kappa shape index (κ2) is 1.99. The summed E-state index contributed by atoms with van der Waals surface area (Å²) < 4.78 is 0. The van der Waals surface area contributed by atoms with E-state index in [1.165, 1.54) is 11.2 Å². The zero-order chi connectivity index (χ0) is 9.00. The minimum atomic E-state index is -0.247. The van der Waals surface area contributed by atoms with Crippen molar-refractivity contribution in [2.45, 2.75) is 18.9 Å². The molecule has 0 radical (unpaired) electrons. The Hall–Kier alpha value is -1.65. The number of imidazole rings is 1.